The SMILES string of the molecule is Cc1ccccc1-c1cc2c(-c3cc(=O)n(C)cc3Oc3c(C)cccc3C)cn(C)c(=O)c2[nH]1. The number of nitrogens with zero attached hydrogens (tertiary/aromatic N) is 2. The molecule has 0 aliphatic heterocycles. The Morgan fingerprint density at radius 3 is 2.14 bits per heavy atom. The number of nitrogens with one attached hydrogen (secondary N) is 1. The number of aromatic nitrogens is 3. The molecule has 0 unspecified atom stereocenters. The van der Waals surface area contributed by atoms with Gasteiger partial charge < -0.3 is 18.9 Å². The van der Waals surface area contributed by atoms with Crippen LogP contribution < -0.4 is 15.9 Å². The van der Waals surface area contributed by atoms with E-state index in [1.165, 1.54) is 9.13 Å². The molecule has 0 aliphatic carbocycles. The number of para-hydroxylation sites is 1. The summed E-state index contributed by atoms with van der Waals surface area (Å²) in [4.78, 5) is 29.1. The predicted octanol–water partition coefficient (Wildman–Crippen LogP) is 5.62. The van der Waals surface area contributed by atoms with Crippen LogP contribution in [0.1, 0.15) is 16.7 Å². The molecule has 0 spiro atoms. The van der Waals surface area contributed by atoms with Crippen molar-refractivity contribution in [3.63, 3.8) is 0 Å². The Morgan fingerprint density at radius 2 is 1.43 bits per heavy atom. The van der Waals surface area contributed by atoms with Gasteiger partial charge in [-0.25, -0.2) is 0 Å². The molecule has 3 aromatic heterocycles. The average Bonchev–Trinajstić information content (AvgIpc) is 3.27. The summed E-state index contributed by atoms with van der Waals surface area (Å²) in [7, 11) is 3.42. The predicted molar refractivity (Wildman–Crippen MR) is 140 cm³/mol. The second kappa shape index (κ2) is 8.47. The topological polar surface area (TPSA) is 69.0 Å². The molecule has 0 saturated carbocycles. The van der Waals surface area contributed by atoms with Crippen LogP contribution in [-0.4, -0.2) is 14.1 Å². The van der Waals surface area contributed by atoms with Crippen LogP contribution >= 0.6 is 0 Å². The zero-order valence-corrected chi connectivity index (χ0v) is 20.5. The number of fused-ring (bicyclic) bond motifs is 1. The number of H-pyrrole nitrogens is 1. The third-order valence-electron chi connectivity index (χ3n) is 6.50. The van der Waals surface area contributed by atoms with E-state index in [0.717, 1.165) is 44.6 Å². The second-order valence-corrected chi connectivity index (χ2v) is 9.07. The van der Waals surface area contributed by atoms with E-state index in [4.69, 9.17) is 4.74 Å². The van der Waals surface area contributed by atoms with Crippen molar-refractivity contribution >= 4 is 10.9 Å². The van der Waals surface area contributed by atoms with Gasteiger partial charge in [0.05, 0.1) is 6.20 Å². The summed E-state index contributed by atoms with van der Waals surface area (Å²) in [6.45, 7) is 6.03. The molecule has 0 aliphatic rings. The smallest absolute Gasteiger partial charge is 0.274 e. The van der Waals surface area contributed by atoms with Crippen LogP contribution in [0.25, 0.3) is 33.3 Å². The highest BCUT2D eigenvalue weighted by Crippen LogP contribution is 2.38. The molecule has 2 aromatic carbocycles. The van der Waals surface area contributed by atoms with Crippen LogP contribution in [0.3, 0.4) is 0 Å². The summed E-state index contributed by atoms with van der Waals surface area (Å²) in [5.41, 5.74) is 6.54. The lowest BCUT2D eigenvalue weighted by molar-refractivity contribution is 0.470. The van der Waals surface area contributed by atoms with Crippen molar-refractivity contribution in [2.45, 2.75) is 20.8 Å². The van der Waals surface area contributed by atoms with E-state index < -0.39 is 0 Å². The molecule has 0 radical (unpaired) electrons. The number of aryl methyl sites for hydroxylation is 5. The van der Waals surface area contributed by atoms with E-state index in [1.54, 1.807) is 32.6 Å². The van der Waals surface area contributed by atoms with Crippen LogP contribution in [0.5, 0.6) is 11.5 Å². The zero-order valence-electron chi connectivity index (χ0n) is 20.5. The summed E-state index contributed by atoms with van der Waals surface area (Å²) < 4.78 is 9.47. The van der Waals surface area contributed by atoms with Crippen LogP contribution in [0.2, 0.25) is 0 Å². The maximum absolute atomic E-state index is 13.1. The molecule has 0 amide bonds. The normalized spacial score (nSPS) is 11.2. The lowest BCUT2D eigenvalue weighted by Crippen LogP contribution is -2.18. The van der Waals surface area contributed by atoms with Crippen LogP contribution in [-0.2, 0) is 14.1 Å². The van der Waals surface area contributed by atoms with E-state index in [1.807, 2.05) is 69.3 Å². The lowest BCUT2D eigenvalue weighted by Gasteiger charge is -2.17. The first-order chi connectivity index (χ1) is 16.7. The average molecular weight is 466 g/mol. The molecule has 0 fully saturated rings. The zero-order chi connectivity index (χ0) is 24.9. The Hall–Kier alpha value is -4.32. The largest absolute Gasteiger partial charge is 0.455 e. The summed E-state index contributed by atoms with van der Waals surface area (Å²) >= 11 is 0. The highest BCUT2D eigenvalue weighted by atomic mass is 16.5. The molecular weight excluding hydrogens is 438 g/mol. The molecule has 35 heavy (non-hydrogen) atoms. The molecule has 6 heteroatoms. The molecule has 5 rings (SSSR count). The van der Waals surface area contributed by atoms with Crippen molar-refractivity contribution in [2.75, 3.05) is 0 Å². The number of hydrogen-bond donors (Lipinski definition) is 1. The Morgan fingerprint density at radius 1 is 0.743 bits per heavy atom. The monoisotopic (exact) mass is 465 g/mol. The van der Waals surface area contributed by atoms with E-state index in [2.05, 4.69) is 4.98 Å². The van der Waals surface area contributed by atoms with Gasteiger partial charge in [0.25, 0.3) is 11.1 Å². The van der Waals surface area contributed by atoms with Gasteiger partial charge in [-0.3, -0.25) is 9.59 Å². The van der Waals surface area contributed by atoms with Gasteiger partial charge in [0.1, 0.15) is 11.3 Å². The van der Waals surface area contributed by atoms with Crippen LogP contribution in [0.4, 0.5) is 0 Å². The van der Waals surface area contributed by atoms with Gasteiger partial charge >= 0.3 is 0 Å². The van der Waals surface area contributed by atoms with Crippen molar-refractivity contribution in [1.29, 1.82) is 0 Å². The van der Waals surface area contributed by atoms with Gasteiger partial charge in [-0.1, -0.05) is 42.5 Å². The fourth-order valence-electron chi connectivity index (χ4n) is 4.54. The van der Waals surface area contributed by atoms with Crippen molar-refractivity contribution in [3.05, 3.63) is 104 Å². The summed E-state index contributed by atoms with van der Waals surface area (Å²) in [5.74, 6) is 1.30. The minimum Gasteiger partial charge on any atom is -0.455 e. The Labute approximate surface area is 203 Å². The minimum absolute atomic E-state index is 0.135. The molecular formula is C29H27N3O3. The van der Waals surface area contributed by atoms with E-state index >= 15 is 0 Å². The quantitative estimate of drug-likeness (QED) is 0.375. The summed E-state index contributed by atoms with van der Waals surface area (Å²) in [5, 5.41) is 0.742. The number of pyridine rings is 2. The second-order valence-electron chi connectivity index (χ2n) is 9.07. The lowest BCUT2D eigenvalue weighted by atomic mass is 10.0. The van der Waals surface area contributed by atoms with Crippen LogP contribution in [0.15, 0.2) is 76.6 Å². The molecule has 3 heterocycles. The molecule has 0 atom stereocenters. The third kappa shape index (κ3) is 3.87. The number of benzene rings is 2. The van der Waals surface area contributed by atoms with Crippen molar-refractivity contribution in [3.8, 4) is 33.9 Å². The van der Waals surface area contributed by atoms with E-state index in [9.17, 15) is 9.59 Å². The first kappa shape index (κ1) is 22.5. The highest BCUT2D eigenvalue weighted by Gasteiger charge is 2.19. The highest BCUT2D eigenvalue weighted by molar-refractivity contribution is 5.98. The van der Waals surface area contributed by atoms with Crippen molar-refractivity contribution in [1.82, 2.24) is 14.1 Å². The molecule has 5 aromatic rings. The fraction of sp³-hybridized carbons (Fsp3) is 0.172. The van der Waals surface area contributed by atoms with Gasteiger partial charge in [-0.15, -0.1) is 0 Å². The summed E-state index contributed by atoms with van der Waals surface area (Å²) in [6, 6.07) is 17.6. The summed E-state index contributed by atoms with van der Waals surface area (Å²) in [6.07, 6.45) is 3.47. The standard InChI is InChI=1S/C29H27N3O3/c1-17-9-6-7-12-20(17)24-13-22-23(15-32(5)29(34)27(22)30-24)21-14-26(33)31(4)16-25(21)35-28-18(2)10-8-11-19(28)3/h6-16,30H,1-5H3. The number of ether oxygens (including phenoxy) is 1. The van der Waals surface area contributed by atoms with Gasteiger partial charge in [0, 0.05) is 54.1 Å². The Bertz CT molecular complexity index is 1700. The third-order valence-corrected chi connectivity index (χ3v) is 6.50. The van der Waals surface area contributed by atoms with E-state index in [0.29, 0.717) is 16.8 Å². The van der Waals surface area contributed by atoms with Gasteiger partial charge in [-0.05, 0) is 43.5 Å². The molecule has 6 nitrogen and oxygen atoms in total. The molecule has 0 bridgehead atoms. The first-order valence-corrected chi connectivity index (χ1v) is 11.5. The Balaban J connectivity index is 1.79. The number of hydrogen-bond acceptors (Lipinski definition) is 3. The van der Waals surface area contributed by atoms with Gasteiger partial charge in [0.15, 0.2) is 5.75 Å². The molecule has 176 valence electrons. The Kier molecular flexibility index (Phi) is 5.44. The number of rotatable bonds is 4. The van der Waals surface area contributed by atoms with E-state index in [-0.39, 0.29) is 11.1 Å². The maximum atomic E-state index is 13.1. The van der Waals surface area contributed by atoms with Crippen molar-refractivity contribution < 1.29 is 4.74 Å². The molecule has 0 saturated heterocycles. The van der Waals surface area contributed by atoms with Crippen molar-refractivity contribution in [2.24, 2.45) is 14.1 Å². The minimum atomic E-state index is -0.162. The number of aromatic amines is 1. The van der Waals surface area contributed by atoms with Crippen LogP contribution in [0, 0.1) is 20.8 Å². The maximum Gasteiger partial charge on any atom is 0.274 e. The first-order valence-electron chi connectivity index (χ1n) is 11.5. The fourth-order valence-corrected chi connectivity index (χ4v) is 4.54. The van der Waals surface area contributed by atoms with Gasteiger partial charge in [-0.2, -0.15) is 0 Å². The van der Waals surface area contributed by atoms with Gasteiger partial charge in [0.2, 0.25) is 0 Å². The molecule has 1 N–H and O–H groups in total.